The molecule has 1 atom stereocenters. The second-order valence-electron chi connectivity index (χ2n) is 4.89. The third kappa shape index (κ3) is 4.37. The van der Waals surface area contributed by atoms with E-state index in [0.29, 0.717) is 6.04 Å². The second-order valence-corrected chi connectivity index (χ2v) is 4.89. The summed E-state index contributed by atoms with van der Waals surface area (Å²) < 4.78 is 0. The van der Waals surface area contributed by atoms with Gasteiger partial charge in [0.2, 0.25) is 0 Å². The van der Waals surface area contributed by atoms with E-state index in [2.05, 4.69) is 42.4 Å². The van der Waals surface area contributed by atoms with Crippen LogP contribution in [0.2, 0.25) is 0 Å². The zero-order valence-corrected chi connectivity index (χ0v) is 12.3. The molecule has 0 aliphatic carbocycles. The van der Waals surface area contributed by atoms with Crippen molar-refractivity contribution in [3.63, 3.8) is 0 Å². The van der Waals surface area contributed by atoms with Crippen LogP contribution >= 0.6 is 0 Å². The lowest BCUT2D eigenvalue weighted by Crippen LogP contribution is -2.24. The van der Waals surface area contributed by atoms with E-state index in [-0.39, 0.29) is 0 Å². The van der Waals surface area contributed by atoms with Gasteiger partial charge in [0, 0.05) is 6.04 Å². The first-order valence-electron chi connectivity index (χ1n) is 7.29. The van der Waals surface area contributed by atoms with Crippen LogP contribution in [0.5, 0.6) is 0 Å². The van der Waals surface area contributed by atoms with Crippen molar-refractivity contribution in [1.82, 2.24) is 15.5 Å². The van der Waals surface area contributed by atoms with Crippen LogP contribution in [-0.4, -0.2) is 16.7 Å². The van der Waals surface area contributed by atoms with Gasteiger partial charge in [-0.25, -0.2) is 0 Å². The predicted octanol–water partition coefficient (Wildman–Crippen LogP) is 3.58. The van der Waals surface area contributed by atoms with E-state index in [1.807, 2.05) is 6.92 Å². The molecule has 0 spiro atoms. The maximum atomic E-state index is 4.34. The Kier molecular flexibility index (Phi) is 6.88. The van der Waals surface area contributed by atoms with Gasteiger partial charge in [0.15, 0.2) is 0 Å². The minimum Gasteiger partial charge on any atom is -0.310 e. The zero-order valence-electron chi connectivity index (χ0n) is 12.3. The molecular formula is C15H27N3. The molecule has 0 saturated heterocycles. The topological polar surface area (TPSA) is 37.8 Å². The van der Waals surface area contributed by atoms with E-state index in [1.165, 1.54) is 31.2 Å². The van der Waals surface area contributed by atoms with Crippen molar-refractivity contribution in [2.24, 2.45) is 0 Å². The number of aromatic nitrogens is 2. The van der Waals surface area contributed by atoms with Gasteiger partial charge >= 0.3 is 0 Å². The predicted molar refractivity (Wildman–Crippen MR) is 76.7 cm³/mol. The second kappa shape index (κ2) is 8.20. The molecule has 0 aromatic carbocycles. The SMILES string of the molecule is CCCCC(NCCC)c1cc(C)nnc1CC. The van der Waals surface area contributed by atoms with E-state index in [9.17, 15) is 0 Å². The molecule has 3 heteroatoms. The maximum absolute atomic E-state index is 4.34. The van der Waals surface area contributed by atoms with E-state index in [0.717, 1.165) is 24.4 Å². The molecule has 1 rings (SSSR count). The average Bonchev–Trinajstić information content (AvgIpc) is 2.39. The van der Waals surface area contributed by atoms with Crippen molar-refractivity contribution in [2.45, 2.75) is 65.8 Å². The molecule has 1 N–H and O–H groups in total. The van der Waals surface area contributed by atoms with Crippen LogP contribution in [0.15, 0.2) is 6.07 Å². The van der Waals surface area contributed by atoms with Crippen molar-refractivity contribution in [3.05, 3.63) is 23.0 Å². The first kappa shape index (κ1) is 15.1. The summed E-state index contributed by atoms with van der Waals surface area (Å²) in [6.07, 6.45) is 5.81. The molecule has 0 amide bonds. The van der Waals surface area contributed by atoms with Gasteiger partial charge in [-0.15, -0.1) is 0 Å². The molecule has 1 unspecified atom stereocenters. The molecule has 0 fully saturated rings. The highest BCUT2D eigenvalue weighted by atomic mass is 15.1. The Balaban J connectivity index is 2.90. The molecule has 0 bridgehead atoms. The van der Waals surface area contributed by atoms with Crippen molar-refractivity contribution < 1.29 is 0 Å². The van der Waals surface area contributed by atoms with E-state index >= 15 is 0 Å². The van der Waals surface area contributed by atoms with Crippen LogP contribution < -0.4 is 5.32 Å². The maximum Gasteiger partial charge on any atom is 0.0676 e. The number of hydrogen-bond acceptors (Lipinski definition) is 3. The fraction of sp³-hybridized carbons (Fsp3) is 0.733. The Hall–Kier alpha value is -0.960. The molecule has 1 aromatic heterocycles. The summed E-state index contributed by atoms with van der Waals surface area (Å²) in [6.45, 7) is 9.69. The Bertz CT molecular complexity index is 342. The van der Waals surface area contributed by atoms with E-state index in [4.69, 9.17) is 0 Å². The van der Waals surface area contributed by atoms with Crippen molar-refractivity contribution in [3.8, 4) is 0 Å². The fourth-order valence-corrected chi connectivity index (χ4v) is 2.21. The molecule has 0 radical (unpaired) electrons. The van der Waals surface area contributed by atoms with Gasteiger partial charge < -0.3 is 5.32 Å². The molecule has 1 aromatic rings. The Morgan fingerprint density at radius 3 is 2.56 bits per heavy atom. The van der Waals surface area contributed by atoms with E-state index in [1.54, 1.807) is 0 Å². The Morgan fingerprint density at radius 2 is 1.94 bits per heavy atom. The van der Waals surface area contributed by atoms with Gasteiger partial charge in [0.1, 0.15) is 0 Å². The molecule has 3 nitrogen and oxygen atoms in total. The molecule has 102 valence electrons. The summed E-state index contributed by atoms with van der Waals surface area (Å²) in [7, 11) is 0. The monoisotopic (exact) mass is 249 g/mol. The van der Waals surface area contributed by atoms with Gasteiger partial charge in [0.05, 0.1) is 11.4 Å². The standard InChI is InChI=1S/C15H27N3/c1-5-8-9-15(16-10-6-2)13-11-12(4)17-18-14(13)7-3/h11,15-16H,5-10H2,1-4H3. The van der Waals surface area contributed by atoms with Crippen molar-refractivity contribution in [2.75, 3.05) is 6.54 Å². The lowest BCUT2D eigenvalue weighted by atomic mass is 9.98. The molecular weight excluding hydrogens is 222 g/mol. The molecule has 18 heavy (non-hydrogen) atoms. The van der Waals surface area contributed by atoms with Crippen LogP contribution in [0.25, 0.3) is 0 Å². The summed E-state index contributed by atoms with van der Waals surface area (Å²) in [4.78, 5) is 0. The minimum atomic E-state index is 0.439. The summed E-state index contributed by atoms with van der Waals surface area (Å²) in [6, 6.07) is 2.64. The zero-order chi connectivity index (χ0) is 13.4. The van der Waals surface area contributed by atoms with Crippen LogP contribution in [0.3, 0.4) is 0 Å². The summed E-state index contributed by atoms with van der Waals surface area (Å²) in [5, 5.41) is 12.2. The number of hydrogen-bond donors (Lipinski definition) is 1. The van der Waals surface area contributed by atoms with Crippen LogP contribution in [0.1, 0.15) is 69.4 Å². The van der Waals surface area contributed by atoms with Gasteiger partial charge in [-0.1, -0.05) is 33.6 Å². The smallest absolute Gasteiger partial charge is 0.0676 e. The first-order chi connectivity index (χ1) is 8.72. The highest BCUT2D eigenvalue weighted by molar-refractivity contribution is 5.24. The van der Waals surface area contributed by atoms with Crippen LogP contribution in [0.4, 0.5) is 0 Å². The third-order valence-electron chi connectivity index (χ3n) is 3.22. The third-order valence-corrected chi connectivity index (χ3v) is 3.22. The number of rotatable bonds is 8. The largest absolute Gasteiger partial charge is 0.310 e. The summed E-state index contributed by atoms with van der Waals surface area (Å²) in [5.74, 6) is 0. The van der Waals surface area contributed by atoms with Gasteiger partial charge in [-0.05, 0) is 44.4 Å². The minimum absolute atomic E-state index is 0.439. The Labute approximate surface area is 111 Å². The van der Waals surface area contributed by atoms with Gasteiger partial charge in [0.25, 0.3) is 0 Å². The molecule has 0 saturated carbocycles. The summed E-state index contributed by atoms with van der Waals surface area (Å²) in [5.41, 5.74) is 3.51. The fourth-order valence-electron chi connectivity index (χ4n) is 2.21. The number of nitrogens with one attached hydrogen (secondary N) is 1. The van der Waals surface area contributed by atoms with Crippen molar-refractivity contribution in [1.29, 1.82) is 0 Å². The number of nitrogens with zero attached hydrogens (tertiary/aromatic N) is 2. The lowest BCUT2D eigenvalue weighted by Gasteiger charge is -2.21. The highest BCUT2D eigenvalue weighted by Gasteiger charge is 2.15. The first-order valence-corrected chi connectivity index (χ1v) is 7.29. The van der Waals surface area contributed by atoms with Crippen LogP contribution in [-0.2, 0) is 6.42 Å². The van der Waals surface area contributed by atoms with Gasteiger partial charge in [-0.3, -0.25) is 0 Å². The van der Waals surface area contributed by atoms with E-state index < -0.39 is 0 Å². The molecule has 1 heterocycles. The van der Waals surface area contributed by atoms with Gasteiger partial charge in [-0.2, -0.15) is 10.2 Å². The summed E-state index contributed by atoms with van der Waals surface area (Å²) >= 11 is 0. The normalized spacial score (nSPS) is 12.7. The van der Waals surface area contributed by atoms with Crippen LogP contribution in [0, 0.1) is 6.92 Å². The number of aryl methyl sites for hydroxylation is 2. The van der Waals surface area contributed by atoms with Crippen molar-refractivity contribution >= 4 is 0 Å². The average molecular weight is 249 g/mol. The molecule has 0 aliphatic rings. The lowest BCUT2D eigenvalue weighted by molar-refractivity contribution is 0.475. The highest BCUT2D eigenvalue weighted by Crippen LogP contribution is 2.22. The Morgan fingerprint density at radius 1 is 1.17 bits per heavy atom. The number of unbranched alkanes of at least 4 members (excludes halogenated alkanes) is 1. The molecule has 0 aliphatic heterocycles. The quantitative estimate of drug-likeness (QED) is 0.765.